The van der Waals surface area contributed by atoms with Crippen LogP contribution in [0.2, 0.25) is 5.28 Å². The predicted molar refractivity (Wildman–Crippen MR) is 79.7 cm³/mol. The second kappa shape index (κ2) is 9.22. The molecule has 0 aliphatic rings. The Labute approximate surface area is 118 Å². The van der Waals surface area contributed by atoms with Crippen LogP contribution in [0.15, 0.2) is 0 Å². The van der Waals surface area contributed by atoms with Crippen molar-refractivity contribution in [3.63, 3.8) is 0 Å². The maximum Gasteiger partial charge on any atom is 0.228 e. The second-order valence-corrected chi connectivity index (χ2v) is 5.09. The molecule has 18 heavy (non-hydrogen) atoms. The van der Waals surface area contributed by atoms with Crippen LogP contribution in [0.3, 0.4) is 0 Å². The summed E-state index contributed by atoms with van der Waals surface area (Å²) in [6.45, 7) is 3.60. The third-order valence-corrected chi connectivity index (χ3v) is 3.12. The number of unbranched alkanes of at least 4 members (excludes halogenated alkanes) is 2. The average molecular weight is 290 g/mol. The van der Waals surface area contributed by atoms with Crippen LogP contribution in [0.4, 0.5) is 11.9 Å². The van der Waals surface area contributed by atoms with Crippen LogP contribution in [0.5, 0.6) is 0 Å². The van der Waals surface area contributed by atoms with Crippen LogP contribution in [0, 0.1) is 0 Å². The van der Waals surface area contributed by atoms with Crippen LogP contribution in [-0.4, -0.2) is 40.1 Å². The number of nitrogens with zero attached hydrogens (tertiary/aromatic N) is 3. The highest BCUT2D eigenvalue weighted by molar-refractivity contribution is 7.98. The van der Waals surface area contributed by atoms with E-state index in [9.17, 15) is 0 Å². The first-order chi connectivity index (χ1) is 8.76. The molecule has 0 aromatic carbocycles. The molecule has 0 aliphatic carbocycles. The Hall–Kier alpha value is -0.750. The van der Waals surface area contributed by atoms with Crippen molar-refractivity contribution in [3.05, 3.63) is 5.28 Å². The van der Waals surface area contributed by atoms with Gasteiger partial charge in [0.2, 0.25) is 17.2 Å². The Morgan fingerprint density at radius 1 is 1.06 bits per heavy atom. The number of nitrogens with one attached hydrogen (secondary N) is 2. The summed E-state index contributed by atoms with van der Waals surface area (Å²) in [7, 11) is 0. The van der Waals surface area contributed by atoms with E-state index in [1.165, 1.54) is 18.6 Å². The molecule has 0 atom stereocenters. The number of rotatable bonds is 9. The molecule has 5 nitrogen and oxygen atoms in total. The van der Waals surface area contributed by atoms with E-state index in [2.05, 4.69) is 31.8 Å². The Balaban J connectivity index is 2.32. The minimum Gasteiger partial charge on any atom is -0.354 e. The first-order valence-electron chi connectivity index (χ1n) is 6.14. The van der Waals surface area contributed by atoms with Crippen LogP contribution < -0.4 is 10.6 Å². The highest BCUT2D eigenvalue weighted by Crippen LogP contribution is 2.09. The van der Waals surface area contributed by atoms with Gasteiger partial charge in [0.15, 0.2) is 0 Å². The van der Waals surface area contributed by atoms with Gasteiger partial charge in [0.25, 0.3) is 0 Å². The van der Waals surface area contributed by atoms with E-state index in [0.717, 1.165) is 19.5 Å². The molecule has 0 fully saturated rings. The van der Waals surface area contributed by atoms with E-state index in [1.807, 2.05) is 18.7 Å². The number of hydrogen-bond donors (Lipinski definition) is 2. The van der Waals surface area contributed by atoms with Crippen molar-refractivity contribution in [1.82, 2.24) is 15.0 Å². The Morgan fingerprint density at radius 3 is 2.44 bits per heavy atom. The molecule has 1 aromatic rings. The zero-order chi connectivity index (χ0) is 13.2. The predicted octanol–water partition coefficient (Wildman–Crippen LogP) is 2.90. The zero-order valence-corrected chi connectivity index (χ0v) is 12.4. The molecular weight excluding hydrogens is 270 g/mol. The molecule has 102 valence electrons. The number of halogens is 1. The van der Waals surface area contributed by atoms with Gasteiger partial charge in [-0.2, -0.15) is 26.7 Å². The highest BCUT2D eigenvalue weighted by Gasteiger charge is 2.03. The van der Waals surface area contributed by atoms with Gasteiger partial charge in [0.1, 0.15) is 0 Å². The quantitative estimate of drug-likeness (QED) is 0.682. The Morgan fingerprint density at radius 2 is 1.78 bits per heavy atom. The summed E-state index contributed by atoms with van der Waals surface area (Å²) < 4.78 is 0. The van der Waals surface area contributed by atoms with E-state index >= 15 is 0 Å². The lowest BCUT2D eigenvalue weighted by Crippen LogP contribution is -2.10. The number of anilines is 2. The Kier molecular flexibility index (Phi) is 7.84. The fraction of sp³-hybridized carbons (Fsp3) is 0.727. The van der Waals surface area contributed by atoms with Crippen molar-refractivity contribution in [1.29, 1.82) is 0 Å². The molecule has 2 N–H and O–H groups in total. The zero-order valence-electron chi connectivity index (χ0n) is 10.9. The minimum atomic E-state index is 0.214. The van der Waals surface area contributed by atoms with Gasteiger partial charge in [0, 0.05) is 13.1 Å². The summed E-state index contributed by atoms with van der Waals surface area (Å²) in [6.07, 6.45) is 5.71. The van der Waals surface area contributed by atoms with Crippen molar-refractivity contribution in [3.8, 4) is 0 Å². The van der Waals surface area contributed by atoms with Gasteiger partial charge in [-0.25, -0.2) is 0 Å². The van der Waals surface area contributed by atoms with Gasteiger partial charge >= 0.3 is 0 Å². The van der Waals surface area contributed by atoms with E-state index in [0.29, 0.717) is 11.9 Å². The van der Waals surface area contributed by atoms with Gasteiger partial charge < -0.3 is 10.6 Å². The molecule has 1 aromatic heterocycles. The SMILES string of the molecule is CCNc1nc(Cl)nc(NCCCCCSC)n1. The summed E-state index contributed by atoms with van der Waals surface area (Å²) in [4.78, 5) is 12.2. The molecule has 1 heterocycles. The normalized spacial score (nSPS) is 10.4. The lowest BCUT2D eigenvalue weighted by atomic mass is 10.2. The number of thioether (sulfide) groups is 1. The van der Waals surface area contributed by atoms with Crippen molar-refractivity contribution in [2.24, 2.45) is 0 Å². The number of hydrogen-bond acceptors (Lipinski definition) is 6. The summed E-state index contributed by atoms with van der Waals surface area (Å²) in [5, 5.41) is 6.40. The molecule has 0 radical (unpaired) electrons. The smallest absolute Gasteiger partial charge is 0.228 e. The molecule has 0 saturated heterocycles. The summed E-state index contributed by atoms with van der Waals surface area (Å²) in [5.41, 5.74) is 0. The van der Waals surface area contributed by atoms with Crippen molar-refractivity contribution in [2.75, 3.05) is 35.7 Å². The molecule has 7 heteroatoms. The maximum absolute atomic E-state index is 5.82. The lowest BCUT2D eigenvalue weighted by Gasteiger charge is -2.07. The third-order valence-electron chi connectivity index (χ3n) is 2.25. The molecule has 0 aliphatic heterocycles. The highest BCUT2D eigenvalue weighted by atomic mass is 35.5. The number of aromatic nitrogens is 3. The minimum absolute atomic E-state index is 0.214. The van der Waals surface area contributed by atoms with Crippen molar-refractivity contribution < 1.29 is 0 Å². The molecule has 1 rings (SSSR count). The molecule has 0 bridgehead atoms. The van der Waals surface area contributed by atoms with Crippen molar-refractivity contribution >= 4 is 35.3 Å². The van der Waals surface area contributed by atoms with Gasteiger partial charge in [-0.05, 0) is 43.4 Å². The molecule has 0 amide bonds. The standard InChI is InChI=1S/C11H20ClN5S/c1-3-13-10-15-9(12)16-11(17-10)14-7-5-4-6-8-18-2/h3-8H2,1-2H3,(H2,13,14,15,16,17). The Bertz CT molecular complexity index is 350. The van der Waals surface area contributed by atoms with Crippen LogP contribution in [0.25, 0.3) is 0 Å². The summed E-state index contributed by atoms with van der Waals surface area (Å²) in [6, 6.07) is 0. The molecule has 0 saturated carbocycles. The summed E-state index contributed by atoms with van der Waals surface area (Å²) in [5.74, 6) is 2.28. The molecule has 0 spiro atoms. The largest absolute Gasteiger partial charge is 0.354 e. The van der Waals surface area contributed by atoms with E-state index in [1.54, 1.807) is 0 Å². The second-order valence-electron chi connectivity index (χ2n) is 3.76. The molecule has 0 unspecified atom stereocenters. The first-order valence-corrected chi connectivity index (χ1v) is 7.91. The van der Waals surface area contributed by atoms with Crippen molar-refractivity contribution in [2.45, 2.75) is 26.2 Å². The van der Waals surface area contributed by atoms with Gasteiger partial charge in [-0.15, -0.1) is 0 Å². The fourth-order valence-electron chi connectivity index (χ4n) is 1.41. The topological polar surface area (TPSA) is 62.7 Å². The third kappa shape index (κ3) is 6.26. The van der Waals surface area contributed by atoms with E-state index < -0.39 is 0 Å². The van der Waals surface area contributed by atoms with Gasteiger partial charge in [-0.1, -0.05) is 6.42 Å². The van der Waals surface area contributed by atoms with Gasteiger partial charge in [0.05, 0.1) is 0 Å². The van der Waals surface area contributed by atoms with Crippen LogP contribution in [-0.2, 0) is 0 Å². The first kappa shape index (κ1) is 15.3. The fourth-order valence-corrected chi connectivity index (χ4v) is 2.07. The van der Waals surface area contributed by atoms with Crippen LogP contribution >= 0.6 is 23.4 Å². The van der Waals surface area contributed by atoms with E-state index in [4.69, 9.17) is 11.6 Å². The molecular formula is C11H20ClN5S. The maximum atomic E-state index is 5.82. The average Bonchev–Trinajstić information content (AvgIpc) is 2.33. The summed E-state index contributed by atoms with van der Waals surface area (Å²) >= 11 is 7.71. The van der Waals surface area contributed by atoms with Crippen LogP contribution in [0.1, 0.15) is 26.2 Å². The monoisotopic (exact) mass is 289 g/mol. The van der Waals surface area contributed by atoms with Gasteiger partial charge in [-0.3, -0.25) is 0 Å². The van der Waals surface area contributed by atoms with E-state index in [-0.39, 0.29) is 5.28 Å². The lowest BCUT2D eigenvalue weighted by molar-refractivity contribution is 0.745.